The predicted octanol–water partition coefficient (Wildman–Crippen LogP) is 2.20. The van der Waals surface area contributed by atoms with E-state index in [1.807, 2.05) is 37.3 Å². The molecule has 0 radical (unpaired) electrons. The van der Waals surface area contributed by atoms with Gasteiger partial charge >= 0.3 is 0 Å². The maximum Gasteiger partial charge on any atom is 0.142 e. The molecule has 22 heavy (non-hydrogen) atoms. The predicted molar refractivity (Wildman–Crippen MR) is 86.2 cm³/mol. The fourth-order valence-corrected chi connectivity index (χ4v) is 2.87. The average molecular weight is 295 g/mol. The Morgan fingerprint density at radius 2 is 1.86 bits per heavy atom. The van der Waals surface area contributed by atoms with Crippen molar-refractivity contribution in [2.24, 2.45) is 0 Å². The van der Waals surface area contributed by atoms with Crippen LogP contribution in [-0.2, 0) is 0 Å². The quantitative estimate of drug-likeness (QED) is 0.943. The van der Waals surface area contributed by atoms with Crippen LogP contribution in [0.15, 0.2) is 30.3 Å². The van der Waals surface area contributed by atoms with Crippen molar-refractivity contribution in [3.05, 3.63) is 41.7 Å². The number of rotatable bonds is 3. The van der Waals surface area contributed by atoms with Crippen molar-refractivity contribution in [3.63, 3.8) is 0 Å². The lowest BCUT2D eigenvalue weighted by Crippen LogP contribution is -2.45. The summed E-state index contributed by atoms with van der Waals surface area (Å²) in [6, 6.07) is 12.2. The molecule has 1 aliphatic heterocycles. The van der Waals surface area contributed by atoms with Gasteiger partial charge in [0.15, 0.2) is 0 Å². The topological polar surface area (TPSA) is 59.0 Å². The van der Waals surface area contributed by atoms with Gasteiger partial charge in [-0.2, -0.15) is 5.26 Å². The molecule has 0 saturated carbocycles. The van der Waals surface area contributed by atoms with Crippen molar-refractivity contribution in [1.82, 2.24) is 19.8 Å². The second-order valence-corrected chi connectivity index (χ2v) is 5.83. The van der Waals surface area contributed by atoms with Crippen molar-refractivity contribution < 1.29 is 0 Å². The lowest BCUT2D eigenvalue weighted by Gasteiger charge is -2.34. The summed E-state index contributed by atoms with van der Waals surface area (Å²) in [6.45, 7) is 5.79. The minimum absolute atomic E-state index is 0.276. The average Bonchev–Trinajstić information content (AvgIpc) is 2.93. The molecule has 1 saturated heterocycles. The molecule has 3 rings (SSSR count). The first-order valence-electron chi connectivity index (χ1n) is 7.63. The standard InChI is InChI=1S/C17H21N5/c1-13-16(15(12-18)22-10-8-21(2)9-11-22)20-17(19-13)14-6-4-3-5-7-14/h3-7,15H,8-11H2,1-2H3,(H,19,20). The molecular formula is C17H21N5. The van der Waals surface area contributed by atoms with Crippen LogP contribution < -0.4 is 0 Å². The fraction of sp³-hybridized carbons (Fsp3) is 0.412. The molecule has 0 bridgehead atoms. The third-order valence-electron chi connectivity index (χ3n) is 4.25. The highest BCUT2D eigenvalue weighted by molar-refractivity contribution is 5.56. The van der Waals surface area contributed by atoms with Crippen LogP contribution in [0.1, 0.15) is 17.4 Å². The summed E-state index contributed by atoms with van der Waals surface area (Å²) < 4.78 is 0. The molecule has 2 aromatic rings. The molecule has 5 heteroatoms. The molecule has 0 spiro atoms. The summed E-state index contributed by atoms with van der Waals surface area (Å²) in [6.07, 6.45) is 0. The van der Waals surface area contributed by atoms with Gasteiger partial charge < -0.3 is 9.88 Å². The van der Waals surface area contributed by atoms with E-state index in [4.69, 9.17) is 4.98 Å². The Morgan fingerprint density at radius 3 is 2.50 bits per heavy atom. The fourth-order valence-electron chi connectivity index (χ4n) is 2.87. The van der Waals surface area contributed by atoms with E-state index >= 15 is 0 Å². The largest absolute Gasteiger partial charge is 0.342 e. The molecule has 1 aliphatic rings. The van der Waals surface area contributed by atoms with Crippen LogP contribution in [0.2, 0.25) is 0 Å². The molecule has 1 N–H and O–H groups in total. The molecule has 1 aromatic heterocycles. The van der Waals surface area contributed by atoms with E-state index < -0.39 is 0 Å². The number of nitrogens with zero attached hydrogens (tertiary/aromatic N) is 4. The van der Waals surface area contributed by atoms with Crippen molar-refractivity contribution in [1.29, 1.82) is 5.26 Å². The number of likely N-dealkylation sites (N-methyl/N-ethyl adjacent to an activating group) is 1. The van der Waals surface area contributed by atoms with E-state index in [-0.39, 0.29) is 6.04 Å². The molecule has 1 aromatic carbocycles. The monoisotopic (exact) mass is 295 g/mol. The van der Waals surface area contributed by atoms with Gasteiger partial charge in [0.25, 0.3) is 0 Å². The Hall–Kier alpha value is -2.16. The summed E-state index contributed by atoms with van der Waals surface area (Å²) in [4.78, 5) is 12.5. The van der Waals surface area contributed by atoms with Crippen LogP contribution in [-0.4, -0.2) is 53.0 Å². The molecule has 1 atom stereocenters. The lowest BCUT2D eigenvalue weighted by atomic mass is 10.1. The number of aryl methyl sites for hydroxylation is 1. The number of nitriles is 1. The number of hydrogen-bond donors (Lipinski definition) is 1. The van der Waals surface area contributed by atoms with E-state index in [9.17, 15) is 5.26 Å². The minimum atomic E-state index is -0.276. The normalized spacial score (nSPS) is 18.0. The van der Waals surface area contributed by atoms with Gasteiger partial charge in [-0.25, -0.2) is 4.98 Å². The highest BCUT2D eigenvalue weighted by Gasteiger charge is 2.27. The molecule has 5 nitrogen and oxygen atoms in total. The molecule has 2 heterocycles. The maximum absolute atomic E-state index is 9.64. The lowest BCUT2D eigenvalue weighted by molar-refractivity contribution is 0.131. The van der Waals surface area contributed by atoms with E-state index in [2.05, 4.69) is 27.9 Å². The Bertz CT molecular complexity index is 662. The maximum atomic E-state index is 9.64. The van der Waals surface area contributed by atoms with Crippen molar-refractivity contribution in [2.75, 3.05) is 33.2 Å². The second kappa shape index (κ2) is 6.30. The number of nitrogens with one attached hydrogen (secondary N) is 1. The highest BCUT2D eigenvalue weighted by Crippen LogP contribution is 2.26. The molecule has 0 amide bonds. The zero-order chi connectivity index (χ0) is 15.5. The van der Waals surface area contributed by atoms with E-state index in [0.717, 1.165) is 49.0 Å². The summed E-state index contributed by atoms with van der Waals surface area (Å²) in [5, 5.41) is 9.64. The first-order valence-corrected chi connectivity index (χ1v) is 7.63. The number of aromatic nitrogens is 2. The summed E-state index contributed by atoms with van der Waals surface area (Å²) >= 11 is 0. The zero-order valence-corrected chi connectivity index (χ0v) is 13.1. The van der Waals surface area contributed by atoms with Crippen LogP contribution in [0, 0.1) is 18.3 Å². The number of piperazine rings is 1. The SMILES string of the molecule is Cc1[nH]c(-c2ccccc2)nc1C(C#N)N1CCN(C)CC1. The first kappa shape index (κ1) is 14.8. The van der Waals surface area contributed by atoms with Crippen LogP contribution in [0.25, 0.3) is 11.4 Å². The van der Waals surface area contributed by atoms with E-state index in [1.54, 1.807) is 0 Å². The highest BCUT2D eigenvalue weighted by atomic mass is 15.3. The Morgan fingerprint density at radius 1 is 1.18 bits per heavy atom. The Labute approximate surface area is 131 Å². The van der Waals surface area contributed by atoms with Gasteiger partial charge in [-0.1, -0.05) is 30.3 Å². The smallest absolute Gasteiger partial charge is 0.142 e. The van der Waals surface area contributed by atoms with Gasteiger partial charge in [0.1, 0.15) is 11.9 Å². The van der Waals surface area contributed by atoms with E-state index in [1.165, 1.54) is 0 Å². The van der Waals surface area contributed by atoms with Crippen LogP contribution in [0.4, 0.5) is 0 Å². The van der Waals surface area contributed by atoms with Crippen molar-refractivity contribution in [2.45, 2.75) is 13.0 Å². The molecule has 1 fully saturated rings. The van der Waals surface area contributed by atoms with Gasteiger partial charge in [0, 0.05) is 37.4 Å². The summed E-state index contributed by atoms with van der Waals surface area (Å²) in [5.74, 6) is 0.836. The van der Waals surface area contributed by atoms with Crippen molar-refractivity contribution in [3.8, 4) is 17.5 Å². The third kappa shape index (κ3) is 2.89. The molecule has 0 aliphatic carbocycles. The van der Waals surface area contributed by atoms with Gasteiger partial charge in [-0.05, 0) is 14.0 Å². The van der Waals surface area contributed by atoms with Crippen LogP contribution in [0.5, 0.6) is 0 Å². The number of aromatic amines is 1. The van der Waals surface area contributed by atoms with Gasteiger partial charge in [-0.15, -0.1) is 0 Å². The number of benzene rings is 1. The summed E-state index contributed by atoms with van der Waals surface area (Å²) in [7, 11) is 2.12. The van der Waals surface area contributed by atoms with Crippen molar-refractivity contribution >= 4 is 0 Å². The first-order chi connectivity index (χ1) is 10.7. The minimum Gasteiger partial charge on any atom is -0.342 e. The molecule has 1 unspecified atom stereocenters. The number of H-pyrrole nitrogens is 1. The second-order valence-electron chi connectivity index (χ2n) is 5.83. The zero-order valence-electron chi connectivity index (χ0n) is 13.1. The van der Waals surface area contributed by atoms with Crippen LogP contribution in [0.3, 0.4) is 0 Å². The van der Waals surface area contributed by atoms with Gasteiger partial charge in [0.05, 0.1) is 11.8 Å². The third-order valence-corrected chi connectivity index (χ3v) is 4.25. The Balaban J connectivity index is 1.87. The van der Waals surface area contributed by atoms with Crippen LogP contribution >= 0.6 is 0 Å². The summed E-state index contributed by atoms with van der Waals surface area (Å²) in [5.41, 5.74) is 2.88. The number of imidazole rings is 1. The molecular weight excluding hydrogens is 274 g/mol. The number of hydrogen-bond acceptors (Lipinski definition) is 4. The van der Waals surface area contributed by atoms with E-state index in [0.29, 0.717) is 0 Å². The van der Waals surface area contributed by atoms with Gasteiger partial charge in [-0.3, -0.25) is 4.90 Å². The molecule has 114 valence electrons. The van der Waals surface area contributed by atoms with Gasteiger partial charge in [0.2, 0.25) is 0 Å². The Kier molecular flexibility index (Phi) is 4.23.